The highest BCUT2D eigenvalue weighted by molar-refractivity contribution is 5.50. The van der Waals surface area contributed by atoms with Gasteiger partial charge in [0, 0.05) is 6.04 Å². The van der Waals surface area contributed by atoms with E-state index >= 15 is 0 Å². The summed E-state index contributed by atoms with van der Waals surface area (Å²) < 4.78 is 0. The maximum absolute atomic E-state index is 3.47. The van der Waals surface area contributed by atoms with Gasteiger partial charge in [-0.2, -0.15) is 0 Å². The normalized spacial score (nSPS) is 20.7. The standard InChI is InChI=1S/C15H21N/c1-2-4-13-6-8-14(9-7-13)10-11-15-5-3-12-16-15/h6-11,15-16H,2-5,12H2,1H3/b11-10+. The Kier molecular flexibility index (Phi) is 4.17. The zero-order valence-electron chi connectivity index (χ0n) is 10.1. The topological polar surface area (TPSA) is 12.0 Å². The molecule has 0 bridgehead atoms. The first-order valence-corrected chi connectivity index (χ1v) is 6.39. The molecule has 1 aromatic rings. The fourth-order valence-corrected chi connectivity index (χ4v) is 2.19. The van der Waals surface area contributed by atoms with E-state index in [9.17, 15) is 0 Å². The van der Waals surface area contributed by atoms with Crippen molar-refractivity contribution in [3.63, 3.8) is 0 Å². The lowest BCUT2D eigenvalue weighted by molar-refractivity contribution is 0.730. The second-order valence-corrected chi connectivity index (χ2v) is 4.55. The maximum Gasteiger partial charge on any atom is 0.0253 e. The zero-order chi connectivity index (χ0) is 11.2. The number of nitrogens with one attached hydrogen (secondary N) is 1. The summed E-state index contributed by atoms with van der Waals surface area (Å²) in [7, 11) is 0. The van der Waals surface area contributed by atoms with E-state index in [0.29, 0.717) is 6.04 Å². The quantitative estimate of drug-likeness (QED) is 0.811. The predicted octanol–water partition coefficient (Wildman–Crippen LogP) is 3.40. The molecule has 1 atom stereocenters. The molecule has 1 heteroatoms. The molecule has 1 aliphatic heterocycles. The molecule has 1 aromatic carbocycles. The van der Waals surface area contributed by atoms with E-state index in [2.05, 4.69) is 48.7 Å². The summed E-state index contributed by atoms with van der Waals surface area (Å²) in [5, 5.41) is 3.47. The van der Waals surface area contributed by atoms with Gasteiger partial charge < -0.3 is 5.32 Å². The van der Waals surface area contributed by atoms with Crippen LogP contribution in [0.1, 0.15) is 37.3 Å². The van der Waals surface area contributed by atoms with Gasteiger partial charge in [-0.15, -0.1) is 0 Å². The first kappa shape index (κ1) is 11.4. The molecule has 0 radical (unpaired) electrons. The summed E-state index contributed by atoms with van der Waals surface area (Å²) in [5.74, 6) is 0. The fourth-order valence-electron chi connectivity index (χ4n) is 2.19. The Hall–Kier alpha value is -1.08. The van der Waals surface area contributed by atoms with Crippen molar-refractivity contribution in [2.75, 3.05) is 6.54 Å². The van der Waals surface area contributed by atoms with Gasteiger partial charge in [0.15, 0.2) is 0 Å². The van der Waals surface area contributed by atoms with Crippen molar-refractivity contribution >= 4 is 6.08 Å². The highest BCUT2D eigenvalue weighted by atomic mass is 14.9. The molecular weight excluding hydrogens is 194 g/mol. The van der Waals surface area contributed by atoms with E-state index < -0.39 is 0 Å². The van der Waals surface area contributed by atoms with Crippen LogP contribution in [-0.4, -0.2) is 12.6 Å². The Morgan fingerprint density at radius 1 is 1.31 bits per heavy atom. The van der Waals surface area contributed by atoms with Crippen LogP contribution in [0.3, 0.4) is 0 Å². The van der Waals surface area contributed by atoms with Crippen LogP contribution in [0.4, 0.5) is 0 Å². The number of benzene rings is 1. The van der Waals surface area contributed by atoms with Crippen LogP contribution < -0.4 is 5.32 Å². The minimum Gasteiger partial charge on any atom is -0.311 e. The van der Waals surface area contributed by atoms with Crippen molar-refractivity contribution in [2.45, 2.75) is 38.6 Å². The van der Waals surface area contributed by atoms with Gasteiger partial charge in [0.2, 0.25) is 0 Å². The molecule has 1 saturated heterocycles. The van der Waals surface area contributed by atoms with E-state index in [1.54, 1.807) is 0 Å². The van der Waals surface area contributed by atoms with Crippen LogP contribution >= 0.6 is 0 Å². The van der Waals surface area contributed by atoms with Crippen molar-refractivity contribution < 1.29 is 0 Å². The lowest BCUT2D eigenvalue weighted by Gasteiger charge is -2.03. The minimum absolute atomic E-state index is 0.593. The molecule has 0 spiro atoms. The highest BCUT2D eigenvalue weighted by Crippen LogP contribution is 2.11. The Balaban J connectivity index is 1.93. The molecule has 1 aliphatic rings. The van der Waals surface area contributed by atoms with E-state index in [4.69, 9.17) is 0 Å². The maximum atomic E-state index is 3.47. The van der Waals surface area contributed by atoms with Crippen molar-refractivity contribution in [2.24, 2.45) is 0 Å². The first-order chi connectivity index (χ1) is 7.88. The minimum atomic E-state index is 0.593. The third kappa shape index (κ3) is 3.21. The summed E-state index contributed by atoms with van der Waals surface area (Å²) in [5.41, 5.74) is 2.76. The lowest BCUT2D eigenvalue weighted by atomic mass is 10.1. The summed E-state index contributed by atoms with van der Waals surface area (Å²) >= 11 is 0. The van der Waals surface area contributed by atoms with Crippen molar-refractivity contribution in [3.05, 3.63) is 41.5 Å². The molecule has 1 heterocycles. The fraction of sp³-hybridized carbons (Fsp3) is 0.467. The Morgan fingerprint density at radius 2 is 2.12 bits per heavy atom. The van der Waals surface area contributed by atoms with Crippen LogP contribution in [0, 0.1) is 0 Å². The third-order valence-electron chi connectivity index (χ3n) is 3.14. The van der Waals surface area contributed by atoms with Crippen molar-refractivity contribution in [1.29, 1.82) is 0 Å². The molecule has 16 heavy (non-hydrogen) atoms. The number of hydrogen-bond acceptors (Lipinski definition) is 1. The number of aryl methyl sites for hydroxylation is 1. The van der Waals surface area contributed by atoms with Crippen LogP contribution in [-0.2, 0) is 6.42 Å². The molecule has 2 rings (SSSR count). The van der Waals surface area contributed by atoms with Gasteiger partial charge in [-0.3, -0.25) is 0 Å². The van der Waals surface area contributed by atoms with Crippen LogP contribution in [0.5, 0.6) is 0 Å². The molecule has 1 unspecified atom stereocenters. The predicted molar refractivity (Wildman–Crippen MR) is 70.5 cm³/mol. The number of rotatable bonds is 4. The van der Waals surface area contributed by atoms with E-state index in [1.165, 1.54) is 43.4 Å². The molecule has 1 N–H and O–H groups in total. The second-order valence-electron chi connectivity index (χ2n) is 4.55. The van der Waals surface area contributed by atoms with Crippen LogP contribution in [0.15, 0.2) is 30.3 Å². The average molecular weight is 215 g/mol. The van der Waals surface area contributed by atoms with E-state index in [1.807, 2.05) is 0 Å². The average Bonchev–Trinajstić information content (AvgIpc) is 2.82. The second kappa shape index (κ2) is 5.86. The first-order valence-electron chi connectivity index (χ1n) is 6.39. The molecule has 0 amide bonds. The summed E-state index contributed by atoms with van der Waals surface area (Å²) in [4.78, 5) is 0. The Bertz CT molecular complexity index is 331. The van der Waals surface area contributed by atoms with Gasteiger partial charge in [-0.05, 0) is 36.9 Å². The molecule has 0 aliphatic carbocycles. The summed E-state index contributed by atoms with van der Waals surface area (Å²) in [6.07, 6.45) is 9.53. The van der Waals surface area contributed by atoms with Gasteiger partial charge in [-0.1, -0.05) is 49.8 Å². The molecular formula is C15H21N. The highest BCUT2D eigenvalue weighted by Gasteiger charge is 2.09. The van der Waals surface area contributed by atoms with Crippen LogP contribution in [0.2, 0.25) is 0 Å². The SMILES string of the molecule is CCCc1ccc(/C=C/C2CCCN2)cc1. The summed E-state index contributed by atoms with van der Waals surface area (Å²) in [6.45, 7) is 3.39. The van der Waals surface area contributed by atoms with Gasteiger partial charge in [0.05, 0.1) is 0 Å². The lowest BCUT2D eigenvalue weighted by Crippen LogP contribution is -2.17. The molecule has 86 valence electrons. The molecule has 0 aromatic heterocycles. The van der Waals surface area contributed by atoms with Gasteiger partial charge in [0.25, 0.3) is 0 Å². The summed E-state index contributed by atoms with van der Waals surface area (Å²) in [6, 6.07) is 9.51. The monoisotopic (exact) mass is 215 g/mol. The largest absolute Gasteiger partial charge is 0.311 e. The van der Waals surface area contributed by atoms with Crippen LogP contribution in [0.25, 0.3) is 6.08 Å². The smallest absolute Gasteiger partial charge is 0.0253 e. The van der Waals surface area contributed by atoms with Gasteiger partial charge >= 0.3 is 0 Å². The van der Waals surface area contributed by atoms with Crippen molar-refractivity contribution in [3.8, 4) is 0 Å². The zero-order valence-corrected chi connectivity index (χ0v) is 10.1. The third-order valence-corrected chi connectivity index (χ3v) is 3.14. The Labute approximate surface area is 98.6 Å². The molecule has 1 fully saturated rings. The van der Waals surface area contributed by atoms with E-state index in [0.717, 1.165) is 0 Å². The molecule has 1 nitrogen and oxygen atoms in total. The van der Waals surface area contributed by atoms with Gasteiger partial charge in [0.1, 0.15) is 0 Å². The van der Waals surface area contributed by atoms with Crippen molar-refractivity contribution in [1.82, 2.24) is 5.32 Å². The Morgan fingerprint density at radius 3 is 2.75 bits per heavy atom. The van der Waals surface area contributed by atoms with Gasteiger partial charge in [-0.25, -0.2) is 0 Å². The number of hydrogen-bond donors (Lipinski definition) is 1. The molecule has 0 saturated carbocycles. The van der Waals surface area contributed by atoms with E-state index in [-0.39, 0.29) is 0 Å².